The van der Waals surface area contributed by atoms with Gasteiger partial charge in [-0.15, -0.1) is 0 Å². The number of carbonyl (C=O) groups excluding carboxylic acids is 2. The van der Waals surface area contributed by atoms with Crippen molar-refractivity contribution < 1.29 is 33.0 Å². The van der Waals surface area contributed by atoms with Gasteiger partial charge in [-0.05, 0) is 42.8 Å². The topological polar surface area (TPSA) is 88.1 Å². The molecule has 0 radical (unpaired) electrons. The number of hydrogen-bond donors (Lipinski definition) is 2. The molecular formula is C21H20F2N2O5. The molecular weight excluding hydrogens is 398 g/mol. The van der Waals surface area contributed by atoms with E-state index < -0.39 is 41.8 Å². The third-order valence-corrected chi connectivity index (χ3v) is 5.27. The Kier molecular flexibility index (Phi) is 5.07. The maximum atomic E-state index is 13.9. The molecule has 2 aliphatic heterocycles. The van der Waals surface area contributed by atoms with E-state index >= 15 is 0 Å². The lowest BCUT2D eigenvalue weighted by Gasteiger charge is -2.24. The van der Waals surface area contributed by atoms with Crippen LogP contribution in [0.3, 0.4) is 0 Å². The van der Waals surface area contributed by atoms with Crippen LogP contribution in [0.15, 0.2) is 36.4 Å². The van der Waals surface area contributed by atoms with Gasteiger partial charge in [-0.25, -0.2) is 13.6 Å². The molecule has 2 heterocycles. The lowest BCUT2D eigenvalue weighted by Crippen LogP contribution is -2.41. The number of imide groups is 1. The summed E-state index contributed by atoms with van der Waals surface area (Å²) in [6.07, 6.45) is -0.860. The number of β-amino-alcohol motifs (C(OH)–C–C–N with tert-alkyl or cyclic N) is 1. The average Bonchev–Trinajstić information content (AvgIpc) is 2.89. The molecule has 1 fully saturated rings. The highest BCUT2D eigenvalue weighted by Crippen LogP contribution is 2.37. The smallest absolute Gasteiger partial charge is 0.325 e. The molecule has 0 bridgehead atoms. The summed E-state index contributed by atoms with van der Waals surface area (Å²) in [6, 6.07) is 6.83. The molecule has 2 aliphatic rings. The van der Waals surface area contributed by atoms with Crippen molar-refractivity contribution in [3.63, 3.8) is 0 Å². The van der Waals surface area contributed by atoms with Crippen molar-refractivity contribution in [3.05, 3.63) is 59.2 Å². The first kappa shape index (κ1) is 20.1. The number of amides is 3. The Labute approximate surface area is 171 Å². The maximum absolute atomic E-state index is 13.9. The molecule has 0 aromatic heterocycles. The number of aliphatic hydroxyl groups excluding tert-OH is 1. The summed E-state index contributed by atoms with van der Waals surface area (Å²) in [5, 5.41) is 12.9. The van der Waals surface area contributed by atoms with E-state index in [1.54, 1.807) is 18.2 Å². The third-order valence-electron chi connectivity index (χ3n) is 5.27. The van der Waals surface area contributed by atoms with E-state index in [1.165, 1.54) is 6.92 Å². The van der Waals surface area contributed by atoms with E-state index in [-0.39, 0.29) is 5.56 Å². The summed E-state index contributed by atoms with van der Waals surface area (Å²) in [5.41, 5.74) is -1.28. The van der Waals surface area contributed by atoms with Crippen LogP contribution in [0.1, 0.15) is 30.6 Å². The van der Waals surface area contributed by atoms with Gasteiger partial charge in [0.1, 0.15) is 23.3 Å². The zero-order chi connectivity index (χ0) is 21.5. The van der Waals surface area contributed by atoms with Crippen molar-refractivity contribution in [2.75, 3.05) is 19.8 Å². The minimum atomic E-state index is -1.58. The van der Waals surface area contributed by atoms with Crippen molar-refractivity contribution >= 4 is 11.9 Å². The molecule has 158 valence electrons. The number of urea groups is 1. The van der Waals surface area contributed by atoms with Crippen molar-refractivity contribution in [3.8, 4) is 11.5 Å². The van der Waals surface area contributed by atoms with Crippen LogP contribution in [0.25, 0.3) is 0 Å². The number of carbonyl (C=O) groups is 2. The molecule has 4 rings (SSSR count). The largest absolute Gasteiger partial charge is 0.490 e. The SMILES string of the molecule is C[C@@]1(c2ccc3c(c2)OCCCO3)NC(=O)N(C[C@H](O)c2cc(F)ccc2F)C1=O. The van der Waals surface area contributed by atoms with Crippen LogP contribution < -0.4 is 14.8 Å². The Balaban J connectivity index is 1.59. The number of nitrogens with one attached hydrogen (secondary N) is 1. The third kappa shape index (κ3) is 3.45. The monoisotopic (exact) mass is 418 g/mol. The second-order valence-corrected chi connectivity index (χ2v) is 7.36. The van der Waals surface area contributed by atoms with E-state index in [1.807, 2.05) is 0 Å². The molecule has 0 saturated carbocycles. The first-order valence-electron chi connectivity index (χ1n) is 9.47. The van der Waals surface area contributed by atoms with Crippen LogP contribution in [0.4, 0.5) is 13.6 Å². The minimum absolute atomic E-state index is 0.334. The fourth-order valence-electron chi connectivity index (χ4n) is 3.57. The van der Waals surface area contributed by atoms with Gasteiger partial charge >= 0.3 is 6.03 Å². The minimum Gasteiger partial charge on any atom is -0.490 e. The quantitative estimate of drug-likeness (QED) is 0.746. The molecule has 0 unspecified atom stereocenters. The fourth-order valence-corrected chi connectivity index (χ4v) is 3.57. The highest BCUT2D eigenvalue weighted by atomic mass is 19.1. The molecule has 7 nitrogen and oxygen atoms in total. The summed E-state index contributed by atoms with van der Waals surface area (Å²) in [6.45, 7) is 1.99. The second kappa shape index (κ2) is 7.56. The van der Waals surface area contributed by atoms with Gasteiger partial charge in [0.25, 0.3) is 5.91 Å². The number of fused-ring (bicyclic) bond motifs is 1. The summed E-state index contributed by atoms with van der Waals surface area (Å²) >= 11 is 0. The number of benzene rings is 2. The Hall–Kier alpha value is -3.20. The summed E-state index contributed by atoms with van der Waals surface area (Å²) in [5.74, 6) is -1.18. The van der Waals surface area contributed by atoms with Crippen LogP contribution in [-0.2, 0) is 10.3 Å². The van der Waals surface area contributed by atoms with Gasteiger partial charge in [-0.2, -0.15) is 0 Å². The number of nitrogens with zero attached hydrogens (tertiary/aromatic N) is 1. The molecule has 2 N–H and O–H groups in total. The van der Waals surface area contributed by atoms with Crippen LogP contribution in [0, 0.1) is 11.6 Å². The Morgan fingerprint density at radius 3 is 2.63 bits per heavy atom. The highest BCUT2D eigenvalue weighted by Gasteiger charge is 2.49. The van der Waals surface area contributed by atoms with E-state index in [0.717, 1.165) is 29.5 Å². The lowest BCUT2D eigenvalue weighted by molar-refractivity contribution is -0.132. The van der Waals surface area contributed by atoms with Crippen molar-refractivity contribution in [2.45, 2.75) is 25.0 Å². The van der Waals surface area contributed by atoms with Gasteiger partial charge in [0.2, 0.25) is 0 Å². The maximum Gasteiger partial charge on any atom is 0.325 e. The first-order valence-corrected chi connectivity index (χ1v) is 9.47. The summed E-state index contributed by atoms with van der Waals surface area (Å²) in [7, 11) is 0. The molecule has 2 aromatic rings. The lowest BCUT2D eigenvalue weighted by atomic mass is 9.91. The van der Waals surface area contributed by atoms with Crippen LogP contribution in [0.2, 0.25) is 0 Å². The summed E-state index contributed by atoms with van der Waals surface area (Å²) < 4.78 is 38.6. The Bertz CT molecular complexity index is 1010. The zero-order valence-corrected chi connectivity index (χ0v) is 16.2. The van der Waals surface area contributed by atoms with Crippen molar-refractivity contribution in [2.24, 2.45) is 0 Å². The first-order chi connectivity index (χ1) is 14.3. The highest BCUT2D eigenvalue weighted by molar-refractivity contribution is 6.07. The van der Waals surface area contributed by atoms with Gasteiger partial charge in [0, 0.05) is 12.0 Å². The Morgan fingerprint density at radius 2 is 1.87 bits per heavy atom. The molecule has 2 aromatic carbocycles. The normalized spacial score (nSPS) is 21.9. The second-order valence-electron chi connectivity index (χ2n) is 7.36. The number of hydrogen-bond acceptors (Lipinski definition) is 5. The van der Waals surface area contributed by atoms with E-state index in [0.29, 0.717) is 30.3 Å². The van der Waals surface area contributed by atoms with Gasteiger partial charge in [-0.1, -0.05) is 6.07 Å². The molecule has 9 heteroatoms. The predicted molar refractivity (Wildman–Crippen MR) is 101 cm³/mol. The average molecular weight is 418 g/mol. The Morgan fingerprint density at radius 1 is 1.13 bits per heavy atom. The van der Waals surface area contributed by atoms with Crippen molar-refractivity contribution in [1.29, 1.82) is 0 Å². The molecule has 3 amide bonds. The van der Waals surface area contributed by atoms with Crippen molar-refractivity contribution in [1.82, 2.24) is 10.2 Å². The molecule has 0 aliphatic carbocycles. The van der Waals surface area contributed by atoms with E-state index in [4.69, 9.17) is 9.47 Å². The predicted octanol–water partition coefficient (Wildman–Crippen LogP) is 2.63. The summed E-state index contributed by atoms with van der Waals surface area (Å²) in [4.78, 5) is 26.4. The number of rotatable bonds is 4. The van der Waals surface area contributed by atoms with Gasteiger partial charge in [0.15, 0.2) is 11.5 Å². The molecule has 0 spiro atoms. The van der Waals surface area contributed by atoms with Crippen LogP contribution in [-0.4, -0.2) is 41.7 Å². The van der Waals surface area contributed by atoms with E-state index in [2.05, 4.69) is 5.32 Å². The van der Waals surface area contributed by atoms with Crippen LogP contribution >= 0.6 is 0 Å². The number of aliphatic hydroxyl groups is 1. The molecule has 2 atom stereocenters. The molecule has 30 heavy (non-hydrogen) atoms. The van der Waals surface area contributed by atoms with E-state index in [9.17, 15) is 23.5 Å². The van der Waals surface area contributed by atoms with Gasteiger partial charge in [-0.3, -0.25) is 9.69 Å². The standard InChI is InChI=1S/C21H20F2N2O5/c1-21(12-3-6-17-18(9-12)30-8-2-7-29-17)19(27)25(20(28)24-21)11-16(26)14-10-13(22)4-5-15(14)23/h3-6,9-10,16,26H,2,7-8,11H2,1H3,(H,24,28)/t16-,21-/m0/s1. The number of ether oxygens (including phenoxy) is 2. The van der Waals surface area contributed by atoms with Crippen LogP contribution in [0.5, 0.6) is 11.5 Å². The number of halogens is 2. The fraction of sp³-hybridized carbons (Fsp3) is 0.333. The molecule has 1 saturated heterocycles. The zero-order valence-electron chi connectivity index (χ0n) is 16.2. The van der Waals surface area contributed by atoms with Gasteiger partial charge in [0.05, 0.1) is 19.8 Å². The van der Waals surface area contributed by atoms with Gasteiger partial charge < -0.3 is 19.9 Å².